The van der Waals surface area contributed by atoms with Gasteiger partial charge >= 0.3 is 6.03 Å². The SMILES string of the molecule is Cn1cc([C@H]2CNC[C@@H]2C(=O)NCc2ccc(NC(N)=O)cc2)cn1. The van der Waals surface area contributed by atoms with Gasteiger partial charge in [-0.15, -0.1) is 0 Å². The molecule has 0 radical (unpaired) electrons. The smallest absolute Gasteiger partial charge is 0.316 e. The van der Waals surface area contributed by atoms with Crippen LogP contribution in [0.1, 0.15) is 17.0 Å². The Morgan fingerprint density at radius 3 is 2.72 bits per heavy atom. The highest BCUT2D eigenvalue weighted by Crippen LogP contribution is 2.27. The number of rotatable bonds is 5. The minimum atomic E-state index is -0.601. The van der Waals surface area contributed by atoms with E-state index in [1.165, 1.54) is 0 Å². The van der Waals surface area contributed by atoms with Gasteiger partial charge in [-0.05, 0) is 23.3 Å². The molecule has 5 N–H and O–H groups in total. The zero-order chi connectivity index (χ0) is 17.8. The predicted molar refractivity (Wildman–Crippen MR) is 93.8 cm³/mol. The molecule has 8 heteroatoms. The van der Waals surface area contributed by atoms with Gasteiger partial charge in [-0.1, -0.05) is 12.1 Å². The third-order valence-electron chi connectivity index (χ3n) is 4.39. The Morgan fingerprint density at radius 2 is 2.08 bits per heavy atom. The Hall–Kier alpha value is -2.87. The first kappa shape index (κ1) is 17.0. The van der Waals surface area contributed by atoms with Crippen molar-refractivity contribution in [2.45, 2.75) is 12.5 Å². The summed E-state index contributed by atoms with van der Waals surface area (Å²) in [5.41, 5.74) is 7.73. The van der Waals surface area contributed by atoms with E-state index in [1.54, 1.807) is 16.8 Å². The number of primary amides is 1. The van der Waals surface area contributed by atoms with E-state index in [9.17, 15) is 9.59 Å². The average Bonchev–Trinajstić information content (AvgIpc) is 3.22. The van der Waals surface area contributed by atoms with Crippen molar-refractivity contribution in [1.29, 1.82) is 0 Å². The number of carbonyl (C=O) groups excluding carboxylic acids is 2. The molecule has 0 spiro atoms. The molecule has 0 saturated carbocycles. The lowest BCUT2D eigenvalue weighted by atomic mass is 9.90. The lowest BCUT2D eigenvalue weighted by Crippen LogP contribution is -2.33. The normalized spacial score (nSPS) is 19.6. The number of nitrogens with one attached hydrogen (secondary N) is 3. The third kappa shape index (κ3) is 4.16. The fourth-order valence-corrected chi connectivity index (χ4v) is 3.10. The van der Waals surface area contributed by atoms with Crippen LogP contribution in [0.25, 0.3) is 0 Å². The van der Waals surface area contributed by atoms with E-state index < -0.39 is 6.03 Å². The summed E-state index contributed by atoms with van der Waals surface area (Å²) in [4.78, 5) is 23.4. The number of hydrogen-bond acceptors (Lipinski definition) is 4. The van der Waals surface area contributed by atoms with Gasteiger partial charge in [0, 0.05) is 44.5 Å². The topological polar surface area (TPSA) is 114 Å². The maximum atomic E-state index is 12.6. The van der Waals surface area contributed by atoms with Crippen LogP contribution >= 0.6 is 0 Å². The molecule has 1 fully saturated rings. The van der Waals surface area contributed by atoms with Gasteiger partial charge in [0.2, 0.25) is 5.91 Å². The summed E-state index contributed by atoms with van der Waals surface area (Å²) in [6.07, 6.45) is 3.78. The Kier molecular flexibility index (Phi) is 4.99. The minimum absolute atomic E-state index is 0.0261. The van der Waals surface area contributed by atoms with E-state index in [2.05, 4.69) is 21.0 Å². The first-order valence-corrected chi connectivity index (χ1v) is 8.15. The van der Waals surface area contributed by atoms with Gasteiger partial charge in [0.25, 0.3) is 0 Å². The molecule has 2 atom stereocenters. The molecule has 2 aromatic rings. The standard InChI is InChI=1S/C17H22N6O2/c1-23-10-12(7-21-23)14-8-19-9-15(14)16(24)20-6-11-2-4-13(5-3-11)22-17(18)25/h2-5,7,10,14-15,19H,6,8-9H2,1H3,(H,20,24)(H3,18,22,25)/t14-,15+/m1/s1. The van der Waals surface area contributed by atoms with E-state index >= 15 is 0 Å². The molecule has 3 amide bonds. The van der Waals surface area contributed by atoms with Crippen LogP contribution < -0.4 is 21.7 Å². The van der Waals surface area contributed by atoms with Crippen molar-refractivity contribution in [1.82, 2.24) is 20.4 Å². The second-order valence-corrected chi connectivity index (χ2v) is 6.22. The van der Waals surface area contributed by atoms with E-state index in [4.69, 9.17) is 5.73 Å². The summed E-state index contributed by atoms with van der Waals surface area (Å²) in [5, 5.41) is 13.0. The second-order valence-electron chi connectivity index (χ2n) is 6.22. The Balaban J connectivity index is 1.57. The van der Waals surface area contributed by atoms with Gasteiger partial charge in [-0.2, -0.15) is 5.10 Å². The van der Waals surface area contributed by atoms with Gasteiger partial charge in [0.05, 0.1) is 12.1 Å². The summed E-state index contributed by atoms with van der Waals surface area (Å²) in [5.74, 6) is 0.0500. The fraction of sp³-hybridized carbons (Fsp3) is 0.353. The summed E-state index contributed by atoms with van der Waals surface area (Å²) in [7, 11) is 1.87. The third-order valence-corrected chi connectivity index (χ3v) is 4.39. The lowest BCUT2D eigenvalue weighted by molar-refractivity contribution is -0.125. The zero-order valence-corrected chi connectivity index (χ0v) is 14.0. The van der Waals surface area contributed by atoms with E-state index in [1.807, 2.05) is 31.6 Å². The molecule has 0 aliphatic carbocycles. The molecule has 0 unspecified atom stereocenters. The van der Waals surface area contributed by atoms with Crippen LogP contribution in [0.15, 0.2) is 36.7 Å². The molecule has 1 aromatic carbocycles. The monoisotopic (exact) mass is 342 g/mol. The molecule has 8 nitrogen and oxygen atoms in total. The molecule has 1 aromatic heterocycles. The minimum Gasteiger partial charge on any atom is -0.352 e. The van der Waals surface area contributed by atoms with Crippen LogP contribution in [-0.4, -0.2) is 34.8 Å². The van der Waals surface area contributed by atoms with Crippen molar-refractivity contribution in [3.8, 4) is 0 Å². The highest BCUT2D eigenvalue weighted by Gasteiger charge is 2.34. The summed E-state index contributed by atoms with van der Waals surface area (Å²) < 4.78 is 1.75. The number of anilines is 1. The quantitative estimate of drug-likeness (QED) is 0.634. The summed E-state index contributed by atoms with van der Waals surface area (Å²) >= 11 is 0. The number of aromatic nitrogens is 2. The maximum Gasteiger partial charge on any atom is 0.316 e. The highest BCUT2D eigenvalue weighted by atomic mass is 16.2. The molecule has 1 aliphatic heterocycles. The van der Waals surface area contributed by atoms with Crippen LogP contribution in [0.4, 0.5) is 10.5 Å². The van der Waals surface area contributed by atoms with E-state index in [-0.39, 0.29) is 17.7 Å². The molecule has 1 saturated heterocycles. The maximum absolute atomic E-state index is 12.6. The van der Waals surface area contributed by atoms with E-state index in [0.29, 0.717) is 18.8 Å². The van der Waals surface area contributed by atoms with Gasteiger partial charge in [0.1, 0.15) is 0 Å². The van der Waals surface area contributed by atoms with Crippen LogP contribution in [0, 0.1) is 5.92 Å². The van der Waals surface area contributed by atoms with Crippen LogP contribution in [0.5, 0.6) is 0 Å². The highest BCUT2D eigenvalue weighted by molar-refractivity contribution is 5.87. The molecular formula is C17H22N6O2. The fourth-order valence-electron chi connectivity index (χ4n) is 3.10. The number of nitrogens with zero attached hydrogens (tertiary/aromatic N) is 2. The van der Waals surface area contributed by atoms with Gasteiger partial charge < -0.3 is 21.7 Å². The predicted octanol–water partition coefficient (Wildman–Crippen LogP) is 0.530. The Bertz CT molecular complexity index is 755. The molecule has 132 valence electrons. The Morgan fingerprint density at radius 1 is 1.32 bits per heavy atom. The molecule has 25 heavy (non-hydrogen) atoms. The van der Waals surface area contributed by atoms with Crippen molar-refractivity contribution in [3.63, 3.8) is 0 Å². The number of amides is 3. The molecule has 3 rings (SSSR count). The van der Waals surface area contributed by atoms with Crippen LogP contribution in [-0.2, 0) is 18.4 Å². The average molecular weight is 342 g/mol. The van der Waals surface area contributed by atoms with Crippen LogP contribution in [0.3, 0.4) is 0 Å². The first-order chi connectivity index (χ1) is 12.0. The van der Waals surface area contributed by atoms with Gasteiger partial charge in [-0.25, -0.2) is 4.79 Å². The number of nitrogens with two attached hydrogens (primary N) is 1. The lowest BCUT2D eigenvalue weighted by Gasteiger charge is -2.17. The van der Waals surface area contributed by atoms with Crippen molar-refractivity contribution in [2.24, 2.45) is 18.7 Å². The number of aryl methyl sites for hydroxylation is 1. The van der Waals surface area contributed by atoms with Gasteiger partial charge in [-0.3, -0.25) is 9.48 Å². The first-order valence-electron chi connectivity index (χ1n) is 8.15. The summed E-state index contributed by atoms with van der Waals surface area (Å²) in [6.45, 7) is 1.87. The molecular weight excluding hydrogens is 320 g/mol. The number of hydrogen-bond donors (Lipinski definition) is 4. The van der Waals surface area contributed by atoms with Crippen molar-refractivity contribution >= 4 is 17.6 Å². The zero-order valence-electron chi connectivity index (χ0n) is 14.0. The second kappa shape index (κ2) is 7.35. The summed E-state index contributed by atoms with van der Waals surface area (Å²) in [6, 6.07) is 6.59. The van der Waals surface area contributed by atoms with E-state index in [0.717, 1.165) is 17.7 Å². The largest absolute Gasteiger partial charge is 0.352 e. The van der Waals surface area contributed by atoms with Crippen molar-refractivity contribution in [2.75, 3.05) is 18.4 Å². The Labute approximate surface area is 145 Å². The number of carbonyl (C=O) groups is 2. The van der Waals surface area contributed by atoms with Crippen molar-refractivity contribution in [3.05, 3.63) is 47.8 Å². The number of benzene rings is 1. The molecule has 1 aliphatic rings. The van der Waals surface area contributed by atoms with Crippen LogP contribution in [0.2, 0.25) is 0 Å². The van der Waals surface area contributed by atoms with Crippen molar-refractivity contribution < 1.29 is 9.59 Å². The van der Waals surface area contributed by atoms with Gasteiger partial charge in [0.15, 0.2) is 0 Å². The molecule has 0 bridgehead atoms. The molecule has 2 heterocycles. The number of urea groups is 1.